The van der Waals surface area contributed by atoms with E-state index in [1.165, 1.54) is 0 Å². The van der Waals surface area contributed by atoms with E-state index in [9.17, 15) is 19.2 Å². The van der Waals surface area contributed by atoms with Crippen molar-refractivity contribution in [2.75, 3.05) is 43.0 Å². The molecule has 9 nitrogen and oxygen atoms in total. The van der Waals surface area contributed by atoms with E-state index in [2.05, 4.69) is 10.6 Å². The van der Waals surface area contributed by atoms with Gasteiger partial charge in [-0.2, -0.15) is 0 Å². The highest BCUT2D eigenvalue weighted by atomic mass is 16.5. The topological polar surface area (TPSA) is 108 Å². The summed E-state index contributed by atoms with van der Waals surface area (Å²) >= 11 is 0. The second kappa shape index (κ2) is 12.8. The van der Waals surface area contributed by atoms with Crippen molar-refractivity contribution in [2.24, 2.45) is 5.92 Å². The Balaban J connectivity index is 1.64. The first kappa shape index (κ1) is 26.9. The number of rotatable bonds is 10. The van der Waals surface area contributed by atoms with E-state index in [1.807, 2.05) is 51.1 Å². The summed E-state index contributed by atoms with van der Waals surface area (Å²) in [6.07, 6.45) is -0.123. The SMILES string of the molecule is CCN(C(=O)c1cccc(NC(=O)CN2CCNC(=O)C2CC(=O)OCC(C)C)c1)c1ccccc1. The standard InChI is InChI=1S/C27H34N4O5/c1-4-31(22-11-6-5-7-12-22)27(35)20-9-8-10-21(15-20)29-24(32)17-30-14-13-28-26(34)23(30)16-25(33)36-18-19(2)3/h5-12,15,19,23H,4,13-14,16-18H2,1-3H3,(H,28,34)(H,29,32). The van der Waals surface area contributed by atoms with Gasteiger partial charge in [-0.1, -0.05) is 38.1 Å². The Morgan fingerprint density at radius 2 is 1.89 bits per heavy atom. The first-order valence-electron chi connectivity index (χ1n) is 12.2. The van der Waals surface area contributed by atoms with Gasteiger partial charge in [-0.15, -0.1) is 0 Å². The fraction of sp³-hybridized carbons (Fsp3) is 0.407. The summed E-state index contributed by atoms with van der Waals surface area (Å²) in [6, 6.07) is 15.4. The molecular weight excluding hydrogens is 460 g/mol. The van der Waals surface area contributed by atoms with Crippen LogP contribution in [0.2, 0.25) is 0 Å². The second-order valence-corrected chi connectivity index (χ2v) is 9.07. The predicted octanol–water partition coefficient (Wildman–Crippen LogP) is 2.68. The van der Waals surface area contributed by atoms with Crippen molar-refractivity contribution in [3.8, 4) is 0 Å². The van der Waals surface area contributed by atoms with E-state index in [0.29, 0.717) is 30.9 Å². The third-order valence-electron chi connectivity index (χ3n) is 5.75. The fourth-order valence-electron chi connectivity index (χ4n) is 3.97. The third kappa shape index (κ3) is 7.39. The lowest BCUT2D eigenvalue weighted by atomic mass is 10.1. The summed E-state index contributed by atoms with van der Waals surface area (Å²) in [6.45, 7) is 7.30. The Hall–Kier alpha value is -3.72. The Morgan fingerprint density at radius 1 is 1.14 bits per heavy atom. The predicted molar refractivity (Wildman–Crippen MR) is 138 cm³/mol. The molecule has 1 aliphatic rings. The molecule has 1 atom stereocenters. The summed E-state index contributed by atoms with van der Waals surface area (Å²) in [5.41, 5.74) is 1.71. The number of ether oxygens (including phenoxy) is 1. The maximum atomic E-state index is 13.1. The van der Waals surface area contributed by atoms with Gasteiger partial charge in [0, 0.05) is 36.6 Å². The third-order valence-corrected chi connectivity index (χ3v) is 5.75. The van der Waals surface area contributed by atoms with Gasteiger partial charge in [-0.25, -0.2) is 0 Å². The molecule has 2 aromatic carbocycles. The zero-order chi connectivity index (χ0) is 26.1. The molecule has 0 saturated carbocycles. The van der Waals surface area contributed by atoms with Crippen LogP contribution in [0.25, 0.3) is 0 Å². The molecule has 192 valence electrons. The largest absolute Gasteiger partial charge is 0.465 e. The van der Waals surface area contributed by atoms with Crippen molar-refractivity contribution in [2.45, 2.75) is 33.2 Å². The molecular formula is C27H34N4O5. The summed E-state index contributed by atoms with van der Waals surface area (Å²) in [5, 5.41) is 5.55. The van der Waals surface area contributed by atoms with Crippen molar-refractivity contribution in [3.05, 3.63) is 60.2 Å². The molecule has 1 unspecified atom stereocenters. The second-order valence-electron chi connectivity index (χ2n) is 9.07. The Kier molecular flexibility index (Phi) is 9.58. The number of carbonyl (C=O) groups is 4. The van der Waals surface area contributed by atoms with E-state index in [4.69, 9.17) is 4.74 Å². The van der Waals surface area contributed by atoms with Gasteiger partial charge >= 0.3 is 5.97 Å². The van der Waals surface area contributed by atoms with Gasteiger partial charge in [0.25, 0.3) is 5.91 Å². The molecule has 36 heavy (non-hydrogen) atoms. The molecule has 9 heteroatoms. The number of nitrogens with zero attached hydrogens (tertiary/aromatic N) is 2. The van der Waals surface area contributed by atoms with Crippen LogP contribution in [0.15, 0.2) is 54.6 Å². The first-order chi connectivity index (χ1) is 17.3. The molecule has 2 aromatic rings. The van der Waals surface area contributed by atoms with Gasteiger partial charge < -0.3 is 20.3 Å². The first-order valence-corrected chi connectivity index (χ1v) is 12.2. The number of hydrogen-bond donors (Lipinski definition) is 2. The van der Waals surface area contributed by atoms with Gasteiger partial charge in [-0.05, 0) is 43.2 Å². The minimum atomic E-state index is -0.777. The molecule has 1 aliphatic heterocycles. The smallest absolute Gasteiger partial charge is 0.307 e. The lowest BCUT2D eigenvalue weighted by Crippen LogP contribution is -2.57. The van der Waals surface area contributed by atoms with Crippen LogP contribution in [0, 0.1) is 5.92 Å². The van der Waals surface area contributed by atoms with Crippen molar-refractivity contribution in [1.82, 2.24) is 10.2 Å². The van der Waals surface area contributed by atoms with Gasteiger partial charge in [0.1, 0.15) is 6.04 Å². The molecule has 0 bridgehead atoms. The van der Waals surface area contributed by atoms with Crippen LogP contribution >= 0.6 is 0 Å². The quantitative estimate of drug-likeness (QED) is 0.492. The monoisotopic (exact) mass is 494 g/mol. The molecule has 3 rings (SSSR count). The average molecular weight is 495 g/mol. The molecule has 0 aliphatic carbocycles. The van der Waals surface area contributed by atoms with E-state index in [1.54, 1.807) is 34.1 Å². The van der Waals surface area contributed by atoms with Crippen molar-refractivity contribution < 1.29 is 23.9 Å². The minimum Gasteiger partial charge on any atom is -0.465 e. The van der Waals surface area contributed by atoms with Crippen LogP contribution in [0.5, 0.6) is 0 Å². The summed E-state index contributed by atoms with van der Waals surface area (Å²) in [5.74, 6) is -1.10. The maximum absolute atomic E-state index is 13.1. The normalized spacial score (nSPS) is 15.8. The highest BCUT2D eigenvalue weighted by Crippen LogP contribution is 2.19. The number of amides is 3. The molecule has 1 heterocycles. The van der Waals surface area contributed by atoms with Crippen molar-refractivity contribution >= 4 is 35.1 Å². The number of carbonyl (C=O) groups excluding carboxylic acids is 4. The van der Waals surface area contributed by atoms with Gasteiger partial charge in [0.15, 0.2) is 0 Å². The van der Waals surface area contributed by atoms with Crippen molar-refractivity contribution in [1.29, 1.82) is 0 Å². The summed E-state index contributed by atoms with van der Waals surface area (Å²) in [4.78, 5) is 53.9. The van der Waals surface area contributed by atoms with Crippen molar-refractivity contribution in [3.63, 3.8) is 0 Å². The number of para-hydroxylation sites is 1. The van der Waals surface area contributed by atoms with Crippen LogP contribution in [0.1, 0.15) is 37.6 Å². The van der Waals surface area contributed by atoms with Crippen LogP contribution in [0.3, 0.4) is 0 Å². The van der Waals surface area contributed by atoms with Gasteiger partial charge in [0.2, 0.25) is 11.8 Å². The molecule has 1 fully saturated rings. The highest BCUT2D eigenvalue weighted by Gasteiger charge is 2.33. The number of hydrogen-bond acceptors (Lipinski definition) is 6. The summed E-state index contributed by atoms with van der Waals surface area (Å²) in [7, 11) is 0. The molecule has 3 amide bonds. The van der Waals surface area contributed by atoms with Gasteiger partial charge in [0.05, 0.1) is 19.6 Å². The lowest BCUT2D eigenvalue weighted by Gasteiger charge is -2.33. The maximum Gasteiger partial charge on any atom is 0.307 e. The molecule has 1 saturated heterocycles. The van der Waals surface area contributed by atoms with Gasteiger partial charge in [-0.3, -0.25) is 24.1 Å². The lowest BCUT2D eigenvalue weighted by molar-refractivity contribution is -0.149. The van der Waals surface area contributed by atoms with Crippen LogP contribution < -0.4 is 15.5 Å². The number of piperazine rings is 1. The van der Waals surface area contributed by atoms with E-state index in [-0.39, 0.29) is 43.2 Å². The number of nitrogens with one attached hydrogen (secondary N) is 2. The zero-order valence-electron chi connectivity index (χ0n) is 21.0. The number of anilines is 2. The highest BCUT2D eigenvalue weighted by molar-refractivity contribution is 6.07. The molecule has 0 spiro atoms. The molecule has 0 aromatic heterocycles. The Morgan fingerprint density at radius 3 is 2.58 bits per heavy atom. The minimum absolute atomic E-state index is 0.0706. The van der Waals surface area contributed by atoms with Crippen LogP contribution in [-0.2, 0) is 19.1 Å². The summed E-state index contributed by atoms with van der Waals surface area (Å²) < 4.78 is 5.22. The Labute approximate surface area is 211 Å². The fourth-order valence-corrected chi connectivity index (χ4v) is 3.97. The van der Waals surface area contributed by atoms with E-state index >= 15 is 0 Å². The molecule has 0 radical (unpaired) electrons. The average Bonchev–Trinajstić information content (AvgIpc) is 2.86. The number of esters is 1. The van der Waals surface area contributed by atoms with Crippen LogP contribution in [-0.4, -0.2) is 67.4 Å². The zero-order valence-corrected chi connectivity index (χ0v) is 21.0. The Bertz CT molecular complexity index is 1070. The van der Waals surface area contributed by atoms with E-state index < -0.39 is 12.0 Å². The number of benzene rings is 2. The molecule has 2 N–H and O–H groups in total. The van der Waals surface area contributed by atoms with E-state index in [0.717, 1.165) is 5.69 Å². The van der Waals surface area contributed by atoms with Crippen LogP contribution in [0.4, 0.5) is 11.4 Å².